The third-order valence-corrected chi connectivity index (χ3v) is 1.63. The molecule has 0 aromatic heterocycles. The maximum Gasteiger partial charge on any atom is 0.118 e. The maximum absolute atomic E-state index is 5.75. The molecular weight excluding hydrogens is 160 g/mol. The van der Waals surface area contributed by atoms with Crippen LogP contribution >= 0.6 is 11.6 Å². The number of rotatable bonds is 2. The van der Waals surface area contributed by atoms with Gasteiger partial charge in [0.05, 0.1) is 7.11 Å². The highest BCUT2D eigenvalue weighted by Crippen LogP contribution is 2.17. The third kappa shape index (κ3) is 1.99. The van der Waals surface area contributed by atoms with Crippen molar-refractivity contribution < 1.29 is 4.74 Å². The van der Waals surface area contributed by atoms with E-state index in [-0.39, 0.29) is 0 Å². The summed E-state index contributed by atoms with van der Waals surface area (Å²) >= 11 is 5.75. The van der Waals surface area contributed by atoms with Crippen LogP contribution in [0.25, 0.3) is 5.76 Å². The molecule has 0 saturated heterocycles. The molecule has 0 saturated carbocycles. The summed E-state index contributed by atoms with van der Waals surface area (Å²) in [4.78, 5) is 0. The van der Waals surface area contributed by atoms with Crippen LogP contribution in [-0.2, 0) is 4.74 Å². The fourth-order valence-electron chi connectivity index (χ4n) is 0.780. The van der Waals surface area contributed by atoms with E-state index >= 15 is 0 Å². The summed E-state index contributed by atoms with van der Waals surface area (Å²) in [6, 6.07) is 7.39. The second kappa shape index (κ2) is 3.44. The van der Waals surface area contributed by atoms with Gasteiger partial charge in [-0.15, -0.1) is 0 Å². The van der Waals surface area contributed by atoms with Gasteiger partial charge in [0.25, 0.3) is 0 Å². The largest absolute Gasteiger partial charge is 0.497 e. The van der Waals surface area contributed by atoms with Gasteiger partial charge in [-0.3, -0.25) is 0 Å². The summed E-state index contributed by atoms with van der Waals surface area (Å²) in [6.07, 6.45) is 0. The van der Waals surface area contributed by atoms with E-state index in [0.29, 0.717) is 10.8 Å². The molecule has 0 aliphatic carbocycles. The van der Waals surface area contributed by atoms with E-state index < -0.39 is 0 Å². The number of halogens is 1. The topological polar surface area (TPSA) is 9.23 Å². The number of methoxy groups -OCH3 is 1. The van der Waals surface area contributed by atoms with Gasteiger partial charge in [-0.1, -0.05) is 30.3 Å². The molecule has 1 rings (SSSR count). The van der Waals surface area contributed by atoms with Crippen LogP contribution in [0.3, 0.4) is 0 Å². The lowest BCUT2D eigenvalue weighted by Gasteiger charge is -2.03. The lowest BCUT2D eigenvalue weighted by atomic mass is 10.2. The number of hydrogen-bond donors (Lipinski definition) is 0. The molecule has 0 atom stereocenters. The van der Waals surface area contributed by atoms with Gasteiger partial charge in [-0.25, -0.2) is 0 Å². The molecule has 1 nitrogen and oxygen atoms in total. The van der Waals surface area contributed by atoms with E-state index in [9.17, 15) is 0 Å². The van der Waals surface area contributed by atoms with Crippen LogP contribution in [-0.4, -0.2) is 7.11 Å². The summed E-state index contributed by atoms with van der Waals surface area (Å²) in [7, 11) is 1.59. The van der Waals surface area contributed by atoms with Crippen molar-refractivity contribution in [2.24, 2.45) is 0 Å². The van der Waals surface area contributed by atoms with Crippen molar-refractivity contribution in [3.63, 3.8) is 0 Å². The Bertz CT molecular complexity index is 268. The molecule has 0 spiro atoms. The van der Waals surface area contributed by atoms with Crippen molar-refractivity contribution in [1.29, 1.82) is 0 Å². The maximum atomic E-state index is 5.75. The Kier molecular flexibility index (Phi) is 2.55. The first-order valence-electron chi connectivity index (χ1n) is 3.23. The van der Waals surface area contributed by atoms with Gasteiger partial charge in [0.2, 0.25) is 0 Å². The summed E-state index contributed by atoms with van der Waals surface area (Å²) in [5.41, 5.74) is 0.917. The van der Waals surface area contributed by atoms with Crippen molar-refractivity contribution in [3.8, 4) is 0 Å². The number of ether oxygens (including phenoxy) is 1. The highest BCUT2D eigenvalue weighted by Gasteiger charge is 1.96. The first-order chi connectivity index (χ1) is 5.24. The number of benzene rings is 1. The average Bonchev–Trinajstić information content (AvgIpc) is 2.03. The van der Waals surface area contributed by atoms with Crippen LogP contribution in [0.5, 0.6) is 0 Å². The molecule has 0 unspecified atom stereocenters. The second-order valence-corrected chi connectivity index (χ2v) is 2.57. The highest BCUT2D eigenvalue weighted by atomic mass is 35.5. The van der Waals surface area contributed by atoms with Crippen LogP contribution < -0.4 is 0 Å². The van der Waals surface area contributed by atoms with E-state index in [1.165, 1.54) is 0 Å². The minimum absolute atomic E-state index is 0.632. The van der Waals surface area contributed by atoms with Crippen LogP contribution in [0.1, 0.15) is 5.56 Å². The van der Waals surface area contributed by atoms with Crippen LogP contribution in [0.15, 0.2) is 30.8 Å². The quantitative estimate of drug-likeness (QED) is 0.617. The van der Waals surface area contributed by atoms with Gasteiger partial charge >= 0.3 is 0 Å². The molecular formula is C9H9ClO. The van der Waals surface area contributed by atoms with Crippen LogP contribution in [0, 0.1) is 0 Å². The molecule has 0 amide bonds. The SMILES string of the molecule is C=C(OC)c1cccc(Cl)c1. The zero-order chi connectivity index (χ0) is 8.27. The minimum Gasteiger partial charge on any atom is -0.497 e. The Morgan fingerprint density at radius 3 is 2.82 bits per heavy atom. The van der Waals surface area contributed by atoms with E-state index in [0.717, 1.165) is 5.56 Å². The van der Waals surface area contributed by atoms with Gasteiger partial charge in [0.15, 0.2) is 0 Å². The van der Waals surface area contributed by atoms with E-state index in [1.807, 2.05) is 24.3 Å². The summed E-state index contributed by atoms with van der Waals surface area (Å²) in [5, 5.41) is 0.695. The zero-order valence-electron chi connectivity index (χ0n) is 6.30. The van der Waals surface area contributed by atoms with Gasteiger partial charge in [-0.2, -0.15) is 0 Å². The van der Waals surface area contributed by atoms with Crippen molar-refractivity contribution in [3.05, 3.63) is 41.4 Å². The first-order valence-corrected chi connectivity index (χ1v) is 3.60. The van der Waals surface area contributed by atoms with E-state index in [4.69, 9.17) is 16.3 Å². The molecule has 11 heavy (non-hydrogen) atoms. The summed E-state index contributed by atoms with van der Waals surface area (Å²) in [5.74, 6) is 0.632. The van der Waals surface area contributed by atoms with Gasteiger partial charge in [0.1, 0.15) is 5.76 Å². The highest BCUT2D eigenvalue weighted by molar-refractivity contribution is 6.30. The lowest BCUT2D eigenvalue weighted by molar-refractivity contribution is 0.371. The first kappa shape index (κ1) is 8.15. The van der Waals surface area contributed by atoms with Crippen molar-refractivity contribution in [1.82, 2.24) is 0 Å². The van der Waals surface area contributed by atoms with Crippen molar-refractivity contribution >= 4 is 17.4 Å². The van der Waals surface area contributed by atoms with Gasteiger partial charge < -0.3 is 4.74 Å². The molecule has 0 aliphatic heterocycles. The molecule has 58 valence electrons. The summed E-state index contributed by atoms with van der Waals surface area (Å²) < 4.78 is 4.94. The third-order valence-electron chi connectivity index (χ3n) is 1.39. The monoisotopic (exact) mass is 168 g/mol. The number of hydrogen-bond acceptors (Lipinski definition) is 1. The van der Waals surface area contributed by atoms with E-state index in [1.54, 1.807) is 7.11 Å². The molecule has 1 aromatic carbocycles. The molecule has 0 heterocycles. The fourth-order valence-corrected chi connectivity index (χ4v) is 0.970. The Balaban J connectivity index is 2.96. The molecule has 0 fully saturated rings. The minimum atomic E-state index is 0.632. The van der Waals surface area contributed by atoms with Crippen molar-refractivity contribution in [2.75, 3.05) is 7.11 Å². The summed E-state index contributed by atoms with van der Waals surface area (Å²) in [6.45, 7) is 3.70. The Labute approximate surface area is 71.3 Å². The predicted molar refractivity (Wildman–Crippen MR) is 47.5 cm³/mol. The molecule has 0 bridgehead atoms. The Morgan fingerprint density at radius 2 is 2.27 bits per heavy atom. The van der Waals surface area contributed by atoms with Gasteiger partial charge in [-0.05, 0) is 12.1 Å². The van der Waals surface area contributed by atoms with Crippen LogP contribution in [0.2, 0.25) is 5.02 Å². The molecule has 0 aliphatic rings. The van der Waals surface area contributed by atoms with Crippen LogP contribution in [0.4, 0.5) is 0 Å². The Morgan fingerprint density at radius 1 is 1.55 bits per heavy atom. The smallest absolute Gasteiger partial charge is 0.118 e. The normalized spacial score (nSPS) is 9.27. The molecule has 0 radical (unpaired) electrons. The molecule has 1 aromatic rings. The molecule has 2 heteroatoms. The van der Waals surface area contributed by atoms with Gasteiger partial charge in [0, 0.05) is 10.6 Å². The zero-order valence-corrected chi connectivity index (χ0v) is 7.06. The standard InChI is InChI=1S/C9H9ClO/c1-7(11-2)8-4-3-5-9(10)6-8/h3-6H,1H2,2H3. The van der Waals surface area contributed by atoms with E-state index in [2.05, 4.69) is 6.58 Å². The predicted octanol–water partition coefficient (Wildman–Crippen LogP) is 2.96. The average molecular weight is 169 g/mol. The van der Waals surface area contributed by atoms with Crippen molar-refractivity contribution in [2.45, 2.75) is 0 Å². The fraction of sp³-hybridized carbons (Fsp3) is 0.111. The lowest BCUT2D eigenvalue weighted by Crippen LogP contribution is -1.83. The second-order valence-electron chi connectivity index (χ2n) is 2.14. The Hall–Kier alpha value is -0.950. The molecule has 0 N–H and O–H groups in total.